The Morgan fingerprint density at radius 2 is 1.88 bits per heavy atom. The van der Waals surface area contributed by atoms with E-state index in [1.807, 2.05) is 37.3 Å². The molecule has 1 aromatic carbocycles. The Kier molecular flexibility index (Phi) is 7.88. The van der Waals surface area contributed by atoms with Gasteiger partial charge in [0.1, 0.15) is 6.61 Å². The molecule has 0 aliphatic heterocycles. The highest BCUT2D eigenvalue weighted by molar-refractivity contribution is 5.77. The molecule has 2 N–H and O–H groups in total. The molecule has 1 atom stereocenters. The second-order valence-corrected chi connectivity index (χ2v) is 5.96. The van der Waals surface area contributed by atoms with Gasteiger partial charge in [0.15, 0.2) is 0 Å². The minimum absolute atomic E-state index is 0.0373. The number of aromatic amines is 1. The minimum Gasteiger partial charge on any atom is -0.376 e. The first kappa shape index (κ1) is 18.9. The van der Waals surface area contributed by atoms with E-state index in [1.165, 1.54) is 6.07 Å². The third kappa shape index (κ3) is 7.78. The molecule has 25 heavy (non-hydrogen) atoms. The highest BCUT2D eigenvalue weighted by Crippen LogP contribution is 2.03. The van der Waals surface area contributed by atoms with E-state index in [4.69, 9.17) is 9.47 Å². The lowest BCUT2D eigenvalue weighted by Crippen LogP contribution is -2.32. The number of rotatable bonds is 10. The molecule has 6 heteroatoms. The summed E-state index contributed by atoms with van der Waals surface area (Å²) in [5.41, 5.74) is 1.68. The average molecular weight is 344 g/mol. The van der Waals surface area contributed by atoms with Crippen LogP contribution in [0.4, 0.5) is 0 Å². The third-order valence-corrected chi connectivity index (χ3v) is 3.50. The van der Waals surface area contributed by atoms with E-state index < -0.39 is 0 Å². The molecule has 2 aromatic rings. The summed E-state index contributed by atoms with van der Waals surface area (Å²) >= 11 is 0. The fourth-order valence-electron chi connectivity index (χ4n) is 2.19. The van der Waals surface area contributed by atoms with Gasteiger partial charge in [0.05, 0.1) is 19.8 Å². The Morgan fingerprint density at radius 3 is 2.64 bits per heavy atom. The summed E-state index contributed by atoms with van der Waals surface area (Å²) in [5, 5.41) is 2.82. The molecule has 0 aliphatic rings. The molecule has 0 bridgehead atoms. The lowest BCUT2D eigenvalue weighted by Gasteiger charge is -2.13. The van der Waals surface area contributed by atoms with E-state index in [2.05, 4.69) is 10.3 Å². The number of amides is 1. The summed E-state index contributed by atoms with van der Waals surface area (Å²) in [7, 11) is 0. The summed E-state index contributed by atoms with van der Waals surface area (Å²) in [4.78, 5) is 25.4. The van der Waals surface area contributed by atoms with Crippen LogP contribution in [0.15, 0.2) is 53.5 Å². The van der Waals surface area contributed by atoms with Gasteiger partial charge in [-0.3, -0.25) is 9.59 Å². The largest absolute Gasteiger partial charge is 0.376 e. The van der Waals surface area contributed by atoms with Crippen molar-refractivity contribution in [3.05, 3.63) is 70.1 Å². The number of hydrogen-bond donors (Lipinski definition) is 2. The van der Waals surface area contributed by atoms with Gasteiger partial charge in [-0.25, -0.2) is 0 Å². The number of carbonyl (C=O) groups excluding carboxylic acids is 1. The summed E-state index contributed by atoms with van der Waals surface area (Å²) in [5.74, 6) is 0.0279. The SMILES string of the molecule is CC(CNC(=O)COCc1cc[nH]c(=O)c1)COCc1ccccc1. The van der Waals surface area contributed by atoms with E-state index in [9.17, 15) is 9.59 Å². The van der Waals surface area contributed by atoms with Crippen LogP contribution in [0.1, 0.15) is 18.1 Å². The first-order valence-electron chi connectivity index (χ1n) is 8.27. The van der Waals surface area contributed by atoms with E-state index in [0.29, 0.717) is 19.8 Å². The molecule has 134 valence electrons. The van der Waals surface area contributed by atoms with Crippen molar-refractivity contribution >= 4 is 5.91 Å². The van der Waals surface area contributed by atoms with Gasteiger partial charge < -0.3 is 19.8 Å². The van der Waals surface area contributed by atoms with Crippen molar-refractivity contribution in [3.8, 4) is 0 Å². The molecular weight excluding hydrogens is 320 g/mol. The number of aromatic nitrogens is 1. The molecule has 2 rings (SSSR count). The van der Waals surface area contributed by atoms with Crippen LogP contribution in [-0.2, 0) is 27.5 Å². The number of H-pyrrole nitrogens is 1. The first-order chi connectivity index (χ1) is 12.1. The Labute approximate surface area is 147 Å². The zero-order valence-corrected chi connectivity index (χ0v) is 14.4. The molecule has 6 nitrogen and oxygen atoms in total. The molecule has 0 aliphatic carbocycles. The lowest BCUT2D eigenvalue weighted by atomic mass is 10.2. The van der Waals surface area contributed by atoms with Gasteiger partial charge in [-0.1, -0.05) is 37.3 Å². The van der Waals surface area contributed by atoms with E-state index >= 15 is 0 Å². The molecule has 0 fully saturated rings. The summed E-state index contributed by atoms with van der Waals surface area (Å²) in [6.45, 7) is 3.88. The van der Waals surface area contributed by atoms with Gasteiger partial charge in [-0.2, -0.15) is 0 Å². The van der Waals surface area contributed by atoms with Crippen LogP contribution >= 0.6 is 0 Å². The molecule has 0 saturated heterocycles. The van der Waals surface area contributed by atoms with E-state index in [1.54, 1.807) is 12.3 Å². The highest BCUT2D eigenvalue weighted by Gasteiger charge is 2.06. The van der Waals surface area contributed by atoms with Crippen LogP contribution in [0.2, 0.25) is 0 Å². The van der Waals surface area contributed by atoms with Crippen LogP contribution < -0.4 is 10.9 Å². The zero-order chi connectivity index (χ0) is 17.9. The standard InChI is InChI=1S/C19H24N2O4/c1-15(11-24-12-16-5-3-2-4-6-16)10-21-19(23)14-25-13-17-7-8-20-18(22)9-17/h2-9,15H,10-14H2,1H3,(H,20,22)(H,21,23). The number of hydrogen-bond acceptors (Lipinski definition) is 4. The van der Waals surface area contributed by atoms with Crippen LogP contribution in [0, 0.1) is 5.92 Å². The normalized spacial score (nSPS) is 11.9. The monoisotopic (exact) mass is 344 g/mol. The molecular formula is C19H24N2O4. The summed E-state index contributed by atoms with van der Waals surface area (Å²) < 4.78 is 11.0. The zero-order valence-electron chi connectivity index (χ0n) is 14.4. The number of ether oxygens (including phenoxy) is 2. The van der Waals surface area contributed by atoms with Gasteiger partial charge in [-0.05, 0) is 23.1 Å². The maximum atomic E-state index is 11.8. The van der Waals surface area contributed by atoms with Crippen molar-refractivity contribution in [2.45, 2.75) is 20.1 Å². The maximum absolute atomic E-state index is 11.8. The van der Waals surface area contributed by atoms with Gasteiger partial charge in [0.25, 0.3) is 0 Å². The number of nitrogens with one attached hydrogen (secondary N) is 2. The minimum atomic E-state index is -0.185. The Balaban J connectivity index is 1.55. The van der Waals surface area contributed by atoms with Gasteiger partial charge >= 0.3 is 0 Å². The van der Waals surface area contributed by atoms with E-state index in [0.717, 1.165) is 11.1 Å². The number of pyridine rings is 1. The van der Waals surface area contributed by atoms with Crippen molar-refractivity contribution in [1.29, 1.82) is 0 Å². The van der Waals surface area contributed by atoms with Crippen molar-refractivity contribution < 1.29 is 14.3 Å². The molecule has 1 aromatic heterocycles. The van der Waals surface area contributed by atoms with Gasteiger partial charge in [0, 0.05) is 18.8 Å². The quantitative estimate of drug-likeness (QED) is 0.689. The van der Waals surface area contributed by atoms with Gasteiger partial charge in [0.2, 0.25) is 11.5 Å². The molecule has 0 radical (unpaired) electrons. The first-order valence-corrected chi connectivity index (χ1v) is 8.27. The predicted molar refractivity (Wildman–Crippen MR) is 95.0 cm³/mol. The number of benzene rings is 1. The molecule has 0 spiro atoms. The third-order valence-electron chi connectivity index (χ3n) is 3.50. The lowest BCUT2D eigenvalue weighted by molar-refractivity contribution is -0.126. The highest BCUT2D eigenvalue weighted by atomic mass is 16.5. The Morgan fingerprint density at radius 1 is 1.12 bits per heavy atom. The van der Waals surface area contributed by atoms with Crippen LogP contribution in [0.25, 0.3) is 0 Å². The maximum Gasteiger partial charge on any atom is 0.248 e. The molecule has 1 amide bonds. The smallest absolute Gasteiger partial charge is 0.248 e. The fraction of sp³-hybridized carbons (Fsp3) is 0.368. The molecule has 0 saturated carbocycles. The average Bonchev–Trinajstić information content (AvgIpc) is 2.61. The van der Waals surface area contributed by atoms with Crippen molar-refractivity contribution in [3.63, 3.8) is 0 Å². The summed E-state index contributed by atoms with van der Waals surface area (Å²) in [6.07, 6.45) is 1.55. The molecule has 1 unspecified atom stereocenters. The Bertz CT molecular complexity index is 700. The van der Waals surface area contributed by atoms with Crippen LogP contribution in [0.5, 0.6) is 0 Å². The summed E-state index contributed by atoms with van der Waals surface area (Å²) in [6, 6.07) is 13.2. The fourth-order valence-corrected chi connectivity index (χ4v) is 2.19. The predicted octanol–water partition coefficient (Wildman–Crippen LogP) is 1.86. The van der Waals surface area contributed by atoms with Crippen LogP contribution in [0.3, 0.4) is 0 Å². The molecule has 1 heterocycles. The van der Waals surface area contributed by atoms with Crippen molar-refractivity contribution in [2.75, 3.05) is 19.8 Å². The Hall–Kier alpha value is -2.44. The second kappa shape index (κ2) is 10.4. The van der Waals surface area contributed by atoms with Crippen molar-refractivity contribution in [1.82, 2.24) is 10.3 Å². The van der Waals surface area contributed by atoms with Crippen LogP contribution in [-0.4, -0.2) is 30.6 Å². The second-order valence-electron chi connectivity index (χ2n) is 5.96. The van der Waals surface area contributed by atoms with Crippen molar-refractivity contribution in [2.24, 2.45) is 5.92 Å². The van der Waals surface area contributed by atoms with Gasteiger partial charge in [-0.15, -0.1) is 0 Å². The van der Waals surface area contributed by atoms with E-state index in [-0.39, 0.29) is 30.6 Å². The number of carbonyl (C=O) groups is 1. The topological polar surface area (TPSA) is 80.4 Å².